The Morgan fingerprint density at radius 1 is 0.352 bits per heavy atom. The third kappa shape index (κ3) is 17.0. The summed E-state index contributed by atoms with van der Waals surface area (Å²) in [6.45, 7) is 30.4. The van der Waals surface area contributed by atoms with Crippen molar-refractivity contribution in [2.24, 2.45) is 0 Å². The molecule has 0 aromatic carbocycles. The van der Waals surface area contributed by atoms with Gasteiger partial charge in [-0.3, -0.25) is 39.9 Å². The van der Waals surface area contributed by atoms with Crippen LogP contribution in [0.25, 0.3) is 90.9 Å². The summed E-state index contributed by atoms with van der Waals surface area (Å²) in [6, 6.07) is 21.5. The fourth-order valence-electron chi connectivity index (χ4n) is 8.65. The minimum Gasteiger partial charge on any atom is -0.362 e. The lowest BCUT2D eigenvalue weighted by molar-refractivity contribution is 1.12. The zero-order valence-corrected chi connectivity index (χ0v) is 48.3. The van der Waals surface area contributed by atoms with E-state index in [0.717, 1.165) is 122 Å². The molecular weight excluding hydrogens is 1090 g/mol. The molecule has 0 saturated carbocycles. The summed E-state index contributed by atoms with van der Waals surface area (Å²) >= 11 is 0. The Morgan fingerprint density at radius 2 is 0.966 bits per heavy atom. The summed E-state index contributed by atoms with van der Waals surface area (Å²) in [5.74, 6) is 0. The molecule has 0 aliphatic carbocycles. The van der Waals surface area contributed by atoms with E-state index in [1.54, 1.807) is 43.4 Å². The lowest BCUT2D eigenvalue weighted by Gasteiger charge is -2.12. The average Bonchev–Trinajstić information content (AvgIpc) is 3.69. The number of anilines is 2. The van der Waals surface area contributed by atoms with Gasteiger partial charge in [-0.05, 0) is 126 Å². The van der Waals surface area contributed by atoms with Crippen molar-refractivity contribution in [2.45, 2.75) is 0 Å². The van der Waals surface area contributed by atoms with Crippen molar-refractivity contribution in [1.29, 1.82) is 0 Å². The van der Waals surface area contributed by atoms with E-state index in [-0.39, 0.29) is 0 Å². The average molecular weight is 1150 g/mol. The molecule has 8 aliphatic heterocycles. The lowest BCUT2D eigenvalue weighted by atomic mass is 10.1. The van der Waals surface area contributed by atoms with Gasteiger partial charge in [0.15, 0.2) is 0 Å². The predicted octanol–water partition coefficient (Wildman–Crippen LogP) is 6.28. The molecule has 432 valence electrons. The van der Waals surface area contributed by atoms with Crippen LogP contribution in [-0.2, 0) is 0 Å². The van der Waals surface area contributed by atoms with Gasteiger partial charge in [-0.15, -0.1) is 0 Å². The van der Waals surface area contributed by atoms with Crippen LogP contribution in [0.1, 0.15) is 39.2 Å². The van der Waals surface area contributed by atoms with E-state index in [1.165, 1.54) is 10.8 Å². The Bertz CT molecular complexity index is 4350. The van der Waals surface area contributed by atoms with Gasteiger partial charge < -0.3 is 42.5 Å². The molecule has 8 aliphatic rings. The molecule has 0 spiro atoms. The van der Waals surface area contributed by atoms with Crippen molar-refractivity contribution in [1.82, 2.24) is 71.8 Å². The Balaban J connectivity index is 0.000000120. The highest BCUT2D eigenvalue weighted by atomic mass is 14.9. The summed E-state index contributed by atoms with van der Waals surface area (Å²) in [5, 5.41) is 32.9. The Kier molecular flexibility index (Phi) is 20.6. The molecule has 88 heavy (non-hydrogen) atoms. The fourth-order valence-corrected chi connectivity index (χ4v) is 8.65. The predicted molar refractivity (Wildman–Crippen MR) is 363 cm³/mol. The standard InChI is InChI=1S/8C9H8N2/c1-7-9-3-4-10-6-8(9)2-5-11-7;1-7-9-6-10-4-2-8(9)3-5-11-7;1-7-4-9-5-10-3-2-8(9)6-11-7;1-7-4-8-2-3-10-5-9(8)6-11-7;1-7-4-5-8-9(11-7)3-2-6-10-8;1-7-9-8(4-6-10-7)3-2-5-11-9;1-7-5-9-8(6-11-7)3-2-4-10-9;1-7-5-8-3-2-4-10-9(8)6-11-7/h5*2-6,11H,1H2;2*2-6,10H,1H2;2-6,11H,1H2. The Hall–Kier alpha value is -12.6. The third-order valence-corrected chi connectivity index (χ3v) is 13.1. The normalized spacial score (nSPS) is 13.9. The first kappa shape index (κ1) is 60.0. The van der Waals surface area contributed by atoms with Crippen LogP contribution >= 0.6 is 0 Å². The first-order valence-corrected chi connectivity index (χ1v) is 27.5. The highest BCUT2D eigenvalue weighted by Crippen LogP contribution is 2.22. The summed E-state index contributed by atoms with van der Waals surface area (Å²) in [6.07, 6.45) is 54.5. The minimum atomic E-state index is 0.792. The molecule has 0 radical (unpaired) electrons. The molecule has 16 rings (SSSR count). The van der Waals surface area contributed by atoms with Gasteiger partial charge >= 0.3 is 0 Å². The molecule has 8 aromatic rings. The third-order valence-electron chi connectivity index (χ3n) is 13.1. The number of hydrogen-bond donors (Lipinski definition) is 8. The summed E-state index contributed by atoms with van der Waals surface area (Å²) in [7, 11) is 0. The van der Waals surface area contributed by atoms with Crippen molar-refractivity contribution in [3.63, 3.8) is 0 Å². The molecule has 16 heteroatoms. The van der Waals surface area contributed by atoms with Crippen molar-refractivity contribution < 1.29 is 0 Å². The smallest absolute Gasteiger partial charge is 0.0930 e. The number of allylic oxidation sites excluding steroid dienone is 5. The maximum Gasteiger partial charge on any atom is 0.0930 e. The van der Waals surface area contributed by atoms with Gasteiger partial charge in [-0.1, -0.05) is 64.8 Å². The SMILES string of the molecule is C=C1C=Cc2ncccc2N1.C=C1C=c2cccnc2=CN1.C=C1C=c2ccncc2=CN1.C=C1C=c2cnccc2=CN1.C=C1NC=Cc2cccnc21.C=C1NC=Cc2ccncc21.C=C1NC=Cc2cnccc21.C=c1cc2c(cn1)=CC=CN2. The van der Waals surface area contributed by atoms with Crippen LogP contribution in [0, 0.1) is 0 Å². The van der Waals surface area contributed by atoms with E-state index < -0.39 is 0 Å². The van der Waals surface area contributed by atoms with Crippen molar-refractivity contribution >= 4 is 102 Å². The highest BCUT2D eigenvalue weighted by Gasteiger charge is 2.09. The monoisotopic (exact) mass is 1150 g/mol. The van der Waals surface area contributed by atoms with Gasteiger partial charge in [0.25, 0.3) is 0 Å². The fraction of sp³-hybridized carbons (Fsp3) is 0. The van der Waals surface area contributed by atoms with Gasteiger partial charge in [0.2, 0.25) is 0 Å². The largest absolute Gasteiger partial charge is 0.362 e. The molecule has 16 nitrogen and oxygen atoms in total. The lowest BCUT2D eigenvalue weighted by Crippen LogP contribution is -2.33. The van der Waals surface area contributed by atoms with Gasteiger partial charge in [0, 0.05) is 206 Å². The number of nitrogens with zero attached hydrogens (tertiary/aromatic N) is 8. The number of fused-ring (bicyclic) bond motifs is 8. The van der Waals surface area contributed by atoms with Crippen LogP contribution in [0.15, 0.2) is 247 Å². The van der Waals surface area contributed by atoms with Crippen LogP contribution in [0.2, 0.25) is 0 Å². The topological polar surface area (TPSA) is 199 Å². The van der Waals surface area contributed by atoms with Gasteiger partial charge in [0.1, 0.15) is 0 Å². The molecule has 0 amide bonds. The van der Waals surface area contributed by atoms with Crippen molar-refractivity contribution in [3.05, 3.63) is 328 Å². The molecular formula is C72H64N16. The van der Waals surface area contributed by atoms with E-state index in [1.807, 2.05) is 202 Å². The van der Waals surface area contributed by atoms with Crippen molar-refractivity contribution in [2.75, 3.05) is 10.6 Å². The number of rotatable bonds is 0. The maximum absolute atomic E-state index is 4.19. The second-order valence-electron chi connectivity index (χ2n) is 19.5. The molecule has 0 fully saturated rings. The van der Waals surface area contributed by atoms with Crippen LogP contribution in [0.3, 0.4) is 0 Å². The van der Waals surface area contributed by atoms with E-state index in [2.05, 4.69) is 135 Å². The molecule has 0 bridgehead atoms. The van der Waals surface area contributed by atoms with Gasteiger partial charge in [-0.2, -0.15) is 0 Å². The molecule has 0 saturated heterocycles. The Labute approximate surface area is 510 Å². The van der Waals surface area contributed by atoms with Gasteiger partial charge in [-0.25, -0.2) is 0 Å². The second kappa shape index (κ2) is 30.1. The van der Waals surface area contributed by atoms with Crippen LogP contribution in [0.5, 0.6) is 0 Å². The molecule has 0 unspecified atom stereocenters. The van der Waals surface area contributed by atoms with Crippen LogP contribution in [0.4, 0.5) is 11.4 Å². The number of nitrogens with one attached hydrogen (secondary N) is 8. The maximum atomic E-state index is 4.19. The van der Waals surface area contributed by atoms with Crippen LogP contribution in [-0.4, -0.2) is 39.9 Å². The molecule has 8 N–H and O–H groups in total. The first-order valence-electron chi connectivity index (χ1n) is 27.5. The van der Waals surface area contributed by atoms with Crippen molar-refractivity contribution in [3.8, 4) is 0 Å². The number of hydrogen-bond acceptors (Lipinski definition) is 16. The van der Waals surface area contributed by atoms with Crippen LogP contribution < -0.4 is 84.5 Å². The van der Waals surface area contributed by atoms with E-state index in [9.17, 15) is 0 Å². The zero-order chi connectivity index (χ0) is 61.5. The van der Waals surface area contributed by atoms with E-state index >= 15 is 0 Å². The highest BCUT2D eigenvalue weighted by molar-refractivity contribution is 5.77. The first-order chi connectivity index (χ1) is 42.9. The second-order valence-corrected chi connectivity index (χ2v) is 19.5. The quantitative estimate of drug-likeness (QED) is 0.0844. The molecule has 0 atom stereocenters. The van der Waals surface area contributed by atoms with E-state index in [4.69, 9.17) is 0 Å². The Morgan fingerprint density at radius 3 is 1.75 bits per heavy atom. The number of pyridine rings is 8. The van der Waals surface area contributed by atoms with E-state index in [0.29, 0.717) is 0 Å². The summed E-state index contributed by atoms with van der Waals surface area (Å²) < 4.78 is 0. The summed E-state index contributed by atoms with van der Waals surface area (Å²) in [4.78, 5) is 32.6. The minimum absolute atomic E-state index is 0.792. The zero-order valence-electron chi connectivity index (χ0n) is 48.3. The van der Waals surface area contributed by atoms with Gasteiger partial charge in [0.05, 0.1) is 33.5 Å². The number of aromatic nitrogens is 8. The molecule has 8 aromatic heterocycles. The molecule has 16 heterocycles. The summed E-state index contributed by atoms with van der Waals surface area (Å²) in [5.41, 5.74) is 16.0.